The molecule has 0 atom stereocenters. The fraction of sp³-hybridized carbons (Fsp3) is 0.0333. The molecule has 0 aromatic heterocycles. The summed E-state index contributed by atoms with van der Waals surface area (Å²) in [6.45, 7) is 1.97. The van der Waals surface area contributed by atoms with E-state index in [1.165, 1.54) is 22.7 Å². The average Bonchev–Trinajstić information content (AvgIpc) is 3.15. The molecule has 1 aliphatic rings. The first-order valence-electron chi connectivity index (χ1n) is 11.9. The van der Waals surface area contributed by atoms with Gasteiger partial charge in [-0.3, -0.25) is 14.4 Å². The number of carbonyl (C=O) groups is 3. The van der Waals surface area contributed by atoms with Crippen LogP contribution in [0.25, 0.3) is 0 Å². The molecule has 3 amide bonds. The summed E-state index contributed by atoms with van der Waals surface area (Å²) >= 11 is 13.2. The van der Waals surface area contributed by atoms with E-state index in [9.17, 15) is 14.4 Å². The predicted octanol–water partition coefficient (Wildman–Crippen LogP) is 7.54. The minimum atomic E-state index is -0.432. The molecule has 4 aromatic carbocycles. The van der Waals surface area contributed by atoms with Crippen LogP contribution < -0.4 is 15.5 Å². The Hall–Kier alpha value is -4.04. The van der Waals surface area contributed by atoms with Crippen molar-refractivity contribution in [1.82, 2.24) is 0 Å². The van der Waals surface area contributed by atoms with Crippen molar-refractivity contribution in [3.63, 3.8) is 0 Å². The zero-order valence-corrected chi connectivity index (χ0v) is 22.9. The summed E-state index contributed by atoms with van der Waals surface area (Å²) in [6, 6.07) is 28.0. The van der Waals surface area contributed by atoms with Gasteiger partial charge in [-0.05, 0) is 73.7 Å². The summed E-state index contributed by atoms with van der Waals surface area (Å²) in [5, 5.41) is 6.64. The van der Waals surface area contributed by atoms with Crippen LogP contribution in [0.15, 0.2) is 113 Å². The quantitative estimate of drug-likeness (QED) is 0.223. The van der Waals surface area contributed by atoms with Crippen molar-refractivity contribution in [3.8, 4) is 0 Å². The molecule has 0 spiro atoms. The molecule has 0 unspecified atom stereocenters. The van der Waals surface area contributed by atoms with Crippen LogP contribution in [0.2, 0.25) is 10.0 Å². The first-order chi connectivity index (χ1) is 18.8. The van der Waals surface area contributed by atoms with Crippen LogP contribution in [0.1, 0.15) is 15.9 Å². The van der Waals surface area contributed by atoms with Crippen LogP contribution in [0, 0.1) is 6.92 Å². The summed E-state index contributed by atoms with van der Waals surface area (Å²) in [6.07, 6.45) is 0. The molecule has 0 saturated carbocycles. The van der Waals surface area contributed by atoms with Gasteiger partial charge in [-0.2, -0.15) is 0 Å². The molecular formula is C30H21Cl2N3O3S. The Balaban J connectivity index is 1.39. The molecule has 2 N–H and O–H groups in total. The number of para-hydroxylation sites is 1. The van der Waals surface area contributed by atoms with Gasteiger partial charge in [-0.1, -0.05) is 70.9 Å². The van der Waals surface area contributed by atoms with Crippen molar-refractivity contribution in [2.75, 3.05) is 15.5 Å². The number of halogens is 2. The van der Waals surface area contributed by atoms with Crippen molar-refractivity contribution in [2.45, 2.75) is 11.8 Å². The van der Waals surface area contributed by atoms with Gasteiger partial charge in [0, 0.05) is 21.3 Å². The average molecular weight is 574 g/mol. The fourth-order valence-electron chi connectivity index (χ4n) is 3.90. The van der Waals surface area contributed by atoms with E-state index >= 15 is 0 Å². The zero-order chi connectivity index (χ0) is 27.5. The van der Waals surface area contributed by atoms with Gasteiger partial charge < -0.3 is 10.6 Å². The van der Waals surface area contributed by atoms with E-state index in [0.717, 1.165) is 5.56 Å². The van der Waals surface area contributed by atoms with Gasteiger partial charge in [0.15, 0.2) is 0 Å². The molecule has 39 heavy (non-hydrogen) atoms. The number of nitrogens with one attached hydrogen (secondary N) is 2. The number of hydrogen-bond acceptors (Lipinski definition) is 5. The highest BCUT2D eigenvalue weighted by Crippen LogP contribution is 2.38. The van der Waals surface area contributed by atoms with Crippen LogP contribution in [0.3, 0.4) is 0 Å². The van der Waals surface area contributed by atoms with Crippen LogP contribution in [-0.4, -0.2) is 17.7 Å². The van der Waals surface area contributed by atoms with E-state index < -0.39 is 11.8 Å². The second-order valence-electron chi connectivity index (χ2n) is 8.68. The lowest BCUT2D eigenvalue weighted by Crippen LogP contribution is -2.32. The maximum absolute atomic E-state index is 13.5. The van der Waals surface area contributed by atoms with Crippen molar-refractivity contribution >= 4 is 69.7 Å². The third-order valence-electron chi connectivity index (χ3n) is 5.88. The Labute approximate surface area is 239 Å². The van der Waals surface area contributed by atoms with Crippen LogP contribution in [0.5, 0.6) is 0 Å². The number of aryl methyl sites for hydroxylation is 1. The molecule has 0 bridgehead atoms. The van der Waals surface area contributed by atoms with Crippen molar-refractivity contribution in [3.05, 3.63) is 129 Å². The lowest BCUT2D eigenvalue weighted by atomic mass is 10.2. The molecule has 5 rings (SSSR count). The van der Waals surface area contributed by atoms with Gasteiger partial charge >= 0.3 is 0 Å². The minimum absolute atomic E-state index is 0.201. The van der Waals surface area contributed by atoms with Gasteiger partial charge in [0.05, 0.1) is 16.3 Å². The van der Waals surface area contributed by atoms with Crippen molar-refractivity contribution < 1.29 is 14.4 Å². The number of anilines is 3. The SMILES string of the molecule is Cc1ccc(NC2=C(Sc3ccc(NC(=O)c4ccc(Cl)cc4Cl)cc3)C(=O)N(c3ccccc3)C2=O)cc1. The lowest BCUT2D eigenvalue weighted by molar-refractivity contribution is -0.120. The number of hydrogen-bond donors (Lipinski definition) is 2. The number of rotatable bonds is 7. The van der Waals surface area contributed by atoms with E-state index in [-0.39, 0.29) is 21.5 Å². The maximum atomic E-state index is 13.5. The summed E-state index contributed by atoms with van der Waals surface area (Å²) in [5.41, 5.74) is 3.31. The molecule has 194 valence electrons. The smallest absolute Gasteiger partial charge is 0.283 e. The molecule has 6 nitrogen and oxygen atoms in total. The zero-order valence-electron chi connectivity index (χ0n) is 20.6. The number of carbonyl (C=O) groups excluding carboxylic acids is 3. The molecule has 0 fully saturated rings. The van der Waals surface area contributed by atoms with Crippen LogP contribution in [0.4, 0.5) is 17.1 Å². The maximum Gasteiger partial charge on any atom is 0.283 e. The van der Waals surface area contributed by atoms with Gasteiger partial charge in [0.25, 0.3) is 17.7 Å². The topological polar surface area (TPSA) is 78.5 Å². The molecule has 0 aliphatic carbocycles. The highest BCUT2D eigenvalue weighted by molar-refractivity contribution is 8.04. The molecule has 9 heteroatoms. The fourth-order valence-corrected chi connectivity index (χ4v) is 5.32. The Bertz CT molecular complexity index is 1610. The molecule has 0 saturated heterocycles. The van der Waals surface area contributed by atoms with Gasteiger partial charge in [0.1, 0.15) is 10.6 Å². The minimum Gasteiger partial charge on any atom is -0.350 e. The van der Waals surface area contributed by atoms with Crippen molar-refractivity contribution in [2.24, 2.45) is 0 Å². The summed E-state index contributed by atoms with van der Waals surface area (Å²) in [5.74, 6) is -1.22. The van der Waals surface area contributed by atoms with Crippen LogP contribution >= 0.6 is 35.0 Å². The summed E-state index contributed by atoms with van der Waals surface area (Å²) < 4.78 is 0. The Kier molecular flexibility index (Phi) is 7.74. The Morgan fingerprint density at radius 2 is 1.46 bits per heavy atom. The number of amides is 3. The number of imide groups is 1. The first-order valence-corrected chi connectivity index (χ1v) is 13.4. The monoisotopic (exact) mass is 573 g/mol. The van der Waals surface area contributed by atoms with Crippen LogP contribution in [-0.2, 0) is 9.59 Å². The predicted molar refractivity (Wildman–Crippen MR) is 157 cm³/mol. The van der Waals surface area contributed by atoms with Gasteiger partial charge in [-0.15, -0.1) is 0 Å². The second kappa shape index (κ2) is 11.4. The molecular weight excluding hydrogens is 553 g/mol. The lowest BCUT2D eigenvalue weighted by Gasteiger charge is -2.15. The van der Waals surface area contributed by atoms with E-state index in [0.29, 0.717) is 32.5 Å². The molecule has 1 aliphatic heterocycles. The number of nitrogens with zero attached hydrogens (tertiary/aromatic N) is 1. The van der Waals surface area contributed by atoms with Gasteiger partial charge in [-0.25, -0.2) is 4.90 Å². The second-order valence-corrected chi connectivity index (χ2v) is 10.6. The molecule has 1 heterocycles. The third kappa shape index (κ3) is 5.86. The highest BCUT2D eigenvalue weighted by Gasteiger charge is 2.40. The highest BCUT2D eigenvalue weighted by atomic mass is 35.5. The Morgan fingerprint density at radius 1 is 0.795 bits per heavy atom. The number of benzene rings is 4. The summed E-state index contributed by atoms with van der Waals surface area (Å²) in [7, 11) is 0. The van der Waals surface area contributed by atoms with E-state index in [1.807, 2.05) is 37.3 Å². The van der Waals surface area contributed by atoms with Gasteiger partial charge in [0.2, 0.25) is 0 Å². The molecule has 0 radical (unpaired) electrons. The Morgan fingerprint density at radius 3 is 2.13 bits per heavy atom. The standard InChI is InChI=1S/C30H21Cl2N3O3S/c1-18-7-10-20(11-8-18)33-26-27(30(38)35(29(26)37)22-5-3-2-4-6-22)39-23-14-12-21(13-15-23)34-28(36)24-16-9-19(31)17-25(24)32/h2-17,33H,1H3,(H,34,36). The first kappa shape index (κ1) is 26.6. The summed E-state index contributed by atoms with van der Waals surface area (Å²) in [4.78, 5) is 41.8. The number of thioether (sulfide) groups is 1. The third-order valence-corrected chi connectivity index (χ3v) is 7.52. The van der Waals surface area contributed by atoms with E-state index in [2.05, 4.69) is 10.6 Å². The van der Waals surface area contributed by atoms with Crippen molar-refractivity contribution in [1.29, 1.82) is 0 Å². The molecule has 4 aromatic rings. The van der Waals surface area contributed by atoms with E-state index in [4.69, 9.17) is 23.2 Å². The largest absolute Gasteiger partial charge is 0.350 e. The normalized spacial score (nSPS) is 13.2. The van der Waals surface area contributed by atoms with E-state index in [1.54, 1.807) is 60.7 Å².